The van der Waals surface area contributed by atoms with Crippen molar-refractivity contribution in [1.82, 2.24) is 10.2 Å². The van der Waals surface area contributed by atoms with E-state index in [1.807, 2.05) is 6.92 Å². The summed E-state index contributed by atoms with van der Waals surface area (Å²) in [7, 11) is 1.64. The van der Waals surface area contributed by atoms with Crippen LogP contribution in [0.5, 0.6) is 0 Å². The Balaban J connectivity index is 2.08. The quantitative estimate of drug-likeness (QED) is 0.648. The Kier molecular flexibility index (Phi) is 6.67. The lowest BCUT2D eigenvalue weighted by Crippen LogP contribution is -2.53. The molecule has 6 nitrogen and oxygen atoms in total. The summed E-state index contributed by atoms with van der Waals surface area (Å²) in [5, 5.41) is 2.35. The van der Waals surface area contributed by atoms with E-state index < -0.39 is 0 Å². The minimum atomic E-state index is -0.279. The van der Waals surface area contributed by atoms with Crippen LogP contribution in [-0.2, 0) is 14.3 Å². The van der Waals surface area contributed by atoms with Crippen molar-refractivity contribution in [2.24, 2.45) is 5.92 Å². The monoisotopic (exact) mass is 258 g/mol. The Morgan fingerprint density at radius 1 is 1.28 bits per heavy atom. The van der Waals surface area contributed by atoms with Gasteiger partial charge in [0.1, 0.15) is 0 Å². The van der Waals surface area contributed by atoms with Gasteiger partial charge in [-0.25, -0.2) is 4.79 Å². The molecular formula is C12H22N2O4. The number of carbonyl (C=O) groups excluding carboxylic acids is 2. The largest absolute Gasteiger partial charge is 0.382 e. The Labute approximate surface area is 108 Å². The topological polar surface area (TPSA) is 67.9 Å². The number of ether oxygens (including phenoxy) is 2. The molecule has 0 aliphatic carbocycles. The highest BCUT2D eigenvalue weighted by atomic mass is 16.5. The fraction of sp³-hybridized carbons (Fsp3) is 0.833. The van der Waals surface area contributed by atoms with Gasteiger partial charge in [0.15, 0.2) is 0 Å². The second kappa shape index (κ2) is 8.05. The number of urea groups is 1. The summed E-state index contributed by atoms with van der Waals surface area (Å²) in [4.78, 5) is 24.4. The minimum absolute atomic E-state index is 0.124. The summed E-state index contributed by atoms with van der Waals surface area (Å²) >= 11 is 0. The molecule has 1 N–H and O–H groups in total. The van der Waals surface area contributed by atoms with E-state index in [4.69, 9.17) is 9.47 Å². The maximum Gasteiger partial charge on any atom is 0.324 e. The van der Waals surface area contributed by atoms with Crippen molar-refractivity contribution >= 4 is 11.9 Å². The van der Waals surface area contributed by atoms with Crippen molar-refractivity contribution in [3.8, 4) is 0 Å². The normalized spacial score (nSPS) is 20.1. The van der Waals surface area contributed by atoms with Crippen molar-refractivity contribution in [2.45, 2.75) is 19.8 Å². The zero-order valence-electron chi connectivity index (χ0n) is 11.1. The lowest BCUT2D eigenvalue weighted by atomic mass is 10.1. The minimum Gasteiger partial charge on any atom is -0.382 e. The first-order valence-corrected chi connectivity index (χ1v) is 6.31. The van der Waals surface area contributed by atoms with Crippen LogP contribution in [-0.4, -0.2) is 56.9 Å². The molecule has 1 heterocycles. The van der Waals surface area contributed by atoms with E-state index in [2.05, 4.69) is 5.32 Å². The number of amides is 3. The second-order valence-corrected chi connectivity index (χ2v) is 4.45. The predicted molar refractivity (Wildman–Crippen MR) is 66.2 cm³/mol. The third kappa shape index (κ3) is 5.01. The molecule has 1 aliphatic heterocycles. The van der Waals surface area contributed by atoms with Crippen molar-refractivity contribution in [2.75, 3.05) is 40.0 Å². The Hall–Kier alpha value is -1.14. The predicted octanol–water partition coefficient (Wildman–Crippen LogP) is 0.617. The van der Waals surface area contributed by atoms with Crippen LogP contribution in [0.25, 0.3) is 0 Å². The van der Waals surface area contributed by atoms with E-state index in [9.17, 15) is 9.59 Å². The molecule has 1 unspecified atom stereocenters. The van der Waals surface area contributed by atoms with E-state index in [0.29, 0.717) is 32.9 Å². The van der Waals surface area contributed by atoms with Crippen molar-refractivity contribution < 1.29 is 19.1 Å². The Morgan fingerprint density at radius 2 is 2.06 bits per heavy atom. The number of hydrogen-bond acceptors (Lipinski definition) is 4. The first-order valence-electron chi connectivity index (χ1n) is 6.31. The number of nitrogens with one attached hydrogen (secondary N) is 1. The van der Waals surface area contributed by atoms with Crippen LogP contribution >= 0.6 is 0 Å². The highest BCUT2D eigenvalue weighted by molar-refractivity contribution is 5.97. The first kappa shape index (κ1) is 14.9. The lowest BCUT2D eigenvalue weighted by molar-refractivity contribution is -0.125. The Bertz CT molecular complexity index is 283. The van der Waals surface area contributed by atoms with Gasteiger partial charge in [0.05, 0.1) is 19.1 Å². The van der Waals surface area contributed by atoms with Crippen LogP contribution in [0.1, 0.15) is 19.8 Å². The van der Waals surface area contributed by atoms with E-state index in [1.54, 1.807) is 12.0 Å². The smallest absolute Gasteiger partial charge is 0.324 e. The average molecular weight is 258 g/mol. The standard InChI is InChI=1S/C12H22N2O4/c1-10-9-14(12(16)13-11(10)15)5-3-4-6-18-8-7-17-2/h10H,3-9H2,1-2H3,(H,13,15,16). The number of unbranched alkanes of at least 4 members (excludes halogenated alkanes) is 1. The maximum absolute atomic E-state index is 11.5. The van der Waals surface area contributed by atoms with Crippen LogP contribution in [0.15, 0.2) is 0 Å². The summed E-state index contributed by atoms with van der Waals surface area (Å²) in [6, 6.07) is -0.279. The van der Waals surface area contributed by atoms with Crippen LogP contribution in [0.4, 0.5) is 4.79 Å². The van der Waals surface area contributed by atoms with Crippen LogP contribution in [0.3, 0.4) is 0 Å². The molecule has 6 heteroatoms. The summed E-state index contributed by atoms with van der Waals surface area (Å²) < 4.78 is 10.2. The summed E-state index contributed by atoms with van der Waals surface area (Å²) in [5.74, 6) is -0.306. The van der Waals surface area contributed by atoms with Gasteiger partial charge in [-0.15, -0.1) is 0 Å². The van der Waals surface area contributed by atoms with Gasteiger partial charge in [-0.3, -0.25) is 10.1 Å². The lowest BCUT2D eigenvalue weighted by Gasteiger charge is -2.30. The number of hydrogen-bond donors (Lipinski definition) is 1. The second-order valence-electron chi connectivity index (χ2n) is 4.45. The molecule has 1 fully saturated rings. The SMILES string of the molecule is COCCOCCCCN1CC(C)C(=O)NC1=O. The van der Waals surface area contributed by atoms with Crippen LogP contribution in [0.2, 0.25) is 0 Å². The third-order valence-electron chi connectivity index (χ3n) is 2.86. The van der Waals surface area contributed by atoms with Gasteiger partial charge in [-0.2, -0.15) is 0 Å². The number of carbonyl (C=O) groups is 2. The summed E-state index contributed by atoms with van der Waals surface area (Å²) in [6.45, 7) is 4.88. The molecule has 0 aromatic rings. The molecule has 1 saturated heterocycles. The summed E-state index contributed by atoms with van der Waals surface area (Å²) in [5.41, 5.74) is 0. The molecule has 0 aromatic carbocycles. The zero-order chi connectivity index (χ0) is 13.4. The molecule has 0 spiro atoms. The molecular weight excluding hydrogens is 236 g/mol. The van der Waals surface area contributed by atoms with Gasteiger partial charge in [0.25, 0.3) is 0 Å². The van der Waals surface area contributed by atoms with Gasteiger partial charge >= 0.3 is 6.03 Å². The van der Waals surface area contributed by atoms with Gasteiger partial charge in [-0.1, -0.05) is 6.92 Å². The highest BCUT2D eigenvalue weighted by Gasteiger charge is 2.28. The van der Waals surface area contributed by atoms with Crippen molar-refractivity contribution in [3.05, 3.63) is 0 Å². The molecule has 18 heavy (non-hydrogen) atoms. The van der Waals surface area contributed by atoms with Gasteiger partial charge in [0, 0.05) is 26.8 Å². The Morgan fingerprint density at radius 3 is 2.78 bits per heavy atom. The molecule has 3 amide bonds. The van der Waals surface area contributed by atoms with E-state index >= 15 is 0 Å². The van der Waals surface area contributed by atoms with Gasteiger partial charge < -0.3 is 14.4 Å². The molecule has 1 rings (SSSR count). The number of imide groups is 1. The third-order valence-corrected chi connectivity index (χ3v) is 2.86. The van der Waals surface area contributed by atoms with Crippen LogP contribution < -0.4 is 5.32 Å². The molecule has 0 radical (unpaired) electrons. The van der Waals surface area contributed by atoms with Crippen molar-refractivity contribution in [1.29, 1.82) is 0 Å². The van der Waals surface area contributed by atoms with Gasteiger partial charge in [-0.05, 0) is 12.8 Å². The molecule has 1 atom stereocenters. The van der Waals surface area contributed by atoms with Crippen molar-refractivity contribution in [3.63, 3.8) is 0 Å². The number of rotatable bonds is 8. The van der Waals surface area contributed by atoms with Crippen LogP contribution in [0, 0.1) is 5.92 Å². The van der Waals surface area contributed by atoms with Gasteiger partial charge in [0.2, 0.25) is 5.91 Å². The van der Waals surface area contributed by atoms with E-state index in [0.717, 1.165) is 12.8 Å². The molecule has 0 saturated carbocycles. The summed E-state index contributed by atoms with van der Waals surface area (Å²) in [6.07, 6.45) is 1.77. The zero-order valence-corrected chi connectivity index (χ0v) is 11.1. The fourth-order valence-electron chi connectivity index (χ4n) is 1.75. The number of methoxy groups -OCH3 is 1. The maximum atomic E-state index is 11.5. The molecule has 104 valence electrons. The average Bonchev–Trinajstić information content (AvgIpc) is 2.34. The van der Waals surface area contributed by atoms with E-state index in [1.165, 1.54) is 0 Å². The molecule has 0 bridgehead atoms. The molecule has 1 aliphatic rings. The highest BCUT2D eigenvalue weighted by Crippen LogP contribution is 2.08. The first-order chi connectivity index (χ1) is 8.65. The molecule has 0 aromatic heterocycles. The van der Waals surface area contributed by atoms with E-state index in [-0.39, 0.29) is 17.9 Å². The number of nitrogens with zero attached hydrogens (tertiary/aromatic N) is 1. The fourth-order valence-corrected chi connectivity index (χ4v) is 1.75.